The number of nitrogens with one attached hydrogen (secondary N) is 3. The third-order valence-corrected chi connectivity index (χ3v) is 4.74. The first-order valence-electron chi connectivity index (χ1n) is 9.02. The molecule has 9 heteroatoms. The Balaban J connectivity index is 1.37. The molecular weight excluding hydrogens is 350 g/mol. The number of aromatic nitrogens is 2. The smallest absolute Gasteiger partial charge is 0.268 e. The van der Waals surface area contributed by atoms with Crippen molar-refractivity contribution >= 4 is 22.7 Å². The van der Waals surface area contributed by atoms with Gasteiger partial charge in [-0.2, -0.15) is 0 Å². The van der Waals surface area contributed by atoms with Crippen molar-refractivity contribution in [2.75, 3.05) is 19.7 Å². The summed E-state index contributed by atoms with van der Waals surface area (Å²) >= 11 is 0. The number of morpholine rings is 1. The highest BCUT2D eigenvalue weighted by Crippen LogP contribution is 2.28. The van der Waals surface area contributed by atoms with Crippen LogP contribution in [-0.2, 0) is 20.9 Å². The fourth-order valence-electron chi connectivity index (χ4n) is 3.08. The summed E-state index contributed by atoms with van der Waals surface area (Å²) in [6, 6.07) is 7.16. The Hall–Kier alpha value is -2.78. The number of benzene rings is 1. The molecule has 1 atom stereocenters. The van der Waals surface area contributed by atoms with Crippen LogP contribution in [0, 0.1) is 5.92 Å². The molecule has 2 aliphatic rings. The predicted molar refractivity (Wildman–Crippen MR) is 96.4 cm³/mol. The van der Waals surface area contributed by atoms with Gasteiger partial charge in [0.05, 0.1) is 24.1 Å². The lowest BCUT2D eigenvalue weighted by molar-refractivity contribution is -0.142. The van der Waals surface area contributed by atoms with Crippen LogP contribution in [0.15, 0.2) is 29.1 Å². The molecule has 2 fully saturated rings. The lowest BCUT2D eigenvalue weighted by Gasteiger charge is -2.31. The average Bonchev–Trinajstić information content (AvgIpc) is 3.51. The SMILES string of the molecule is O=C(NNC(=O)[C@H]1CN(Cc2nc3ccccc3c(=O)[nH]2)CCO1)C1CC1. The lowest BCUT2D eigenvalue weighted by atomic mass is 10.2. The van der Waals surface area contributed by atoms with Gasteiger partial charge in [-0.25, -0.2) is 4.98 Å². The van der Waals surface area contributed by atoms with Crippen LogP contribution in [0.3, 0.4) is 0 Å². The molecule has 1 aliphatic carbocycles. The van der Waals surface area contributed by atoms with Crippen molar-refractivity contribution in [3.8, 4) is 0 Å². The van der Waals surface area contributed by atoms with E-state index >= 15 is 0 Å². The van der Waals surface area contributed by atoms with Crippen LogP contribution in [0.5, 0.6) is 0 Å². The van der Waals surface area contributed by atoms with Crippen LogP contribution in [0.25, 0.3) is 10.9 Å². The molecule has 2 amide bonds. The van der Waals surface area contributed by atoms with E-state index in [2.05, 4.69) is 20.8 Å². The summed E-state index contributed by atoms with van der Waals surface area (Å²) in [4.78, 5) is 45.3. The summed E-state index contributed by atoms with van der Waals surface area (Å²) in [5, 5.41) is 0.548. The van der Waals surface area contributed by atoms with Gasteiger partial charge in [-0.3, -0.25) is 30.1 Å². The monoisotopic (exact) mass is 371 g/mol. The zero-order valence-corrected chi connectivity index (χ0v) is 14.7. The second-order valence-corrected chi connectivity index (χ2v) is 6.88. The molecule has 2 heterocycles. The Morgan fingerprint density at radius 1 is 1.22 bits per heavy atom. The first kappa shape index (κ1) is 17.6. The third-order valence-electron chi connectivity index (χ3n) is 4.74. The van der Waals surface area contributed by atoms with Crippen molar-refractivity contribution < 1.29 is 14.3 Å². The molecular formula is C18H21N5O4. The molecule has 1 saturated carbocycles. The predicted octanol–water partition coefficient (Wildman–Crippen LogP) is -0.319. The van der Waals surface area contributed by atoms with Crippen LogP contribution in [0.1, 0.15) is 18.7 Å². The normalized spacial score (nSPS) is 20.4. The number of hydrogen-bond donors (Lipinski definition) is 3. The minimum atomic E-state index is -0.689. The summed E-state index contributed by atoms with van der Waals surface area (Å²) in [6.07, 6.45) is 1.05. The van der Waals surface area contributed by atoms with Crippen molar-refractivity contribution in [1.29, 1.82) is 0 Å². The average molecular weight is 371 g/mol. The lowest BCUT2D eigenvalue weighted by Crippen LogP contribution is -2.53. The molecule has 142 valence electrons. The Morgan fingerprint density at radius 2 is 2.00 bits per heavy atom. The van der Waals surface area contributed by atoms with Gasteiger partial charge in [0, 0.05) is 19.0 Å². The summed E-state index contributed by atoms with van der Waals surface area (Å²) in [5.74, 6) is 0.0225. The Bertz CT molecular complexity index is 923. The number of aromatic amines is 1. The number of amides is 2. The van der Waals surface area contributed by atoms with Gasteiger partial charge in [0.2, 0.25) is 5.91 Å². The highest BCUT2D eigenvalue weighted by atomic mass is 16.5. The summed E-state index contributed by atoms with van der Waals surface area (Å²) in [5.41, 5.74) is 5.33. The number of para-hydroxylation sites is 1. The highest BCUT2D eigenvalue weighted by Gasteiger charge is 2.31. The van der Waals surface area contributed by atoms with Crippen LogP contribution >= 0.6 is 0 Å². The highest BCUT2D eigenvalue weighted by molar-refractivity contribution is 5.86. The minimum absolute atomic E-state index is 0.0184. The number of nitrogens with zero attached hydrogens (tertiary/aromatic N) is 2. The van der Waals surface area contributed by atoms with Crippen molar-refractivity contribution in [3.05, 3.63) is 40.4 Å². The van der Waals surface area contributed by atoms with E-state index in [1.54, 1.807) is 18.2 Å². The minimum Gasteiger partial charge on any atom is -0.366 e. The van der Waals surface area contributed by atoms with E-state index in [1.807, 2.05) is 11.0 Å². The number of hydrazine groups is 1. The van der Waals surface area contributed by atoms with Gasteiger partial charge in [0.25, 0.3) is 11.5 Å². The van der Waals surface area contributed by atoms with E-state index < -0.39 is 6.10 Å². The molecule has 9 nitrogen and oxygen atoms in total. The molecule has 3 N–H and O–H groups in total. The fourth-order valence-corrected chi connectivity index (χ4v) is 3.08. The quantitative estimate of drug-likeness (QED) is 0.635. The van der Waals surface area contributed by atoms with Gasteiger partial charge in [0.1, 0.15) is 5.82 Å². The fraction of sp³-hybridized carbons (Fsp3) is 0.444. The van der Waals surface area contributed by atoms with Gasteiger partial charge < -0.3 is 9.72 Å². The molecule has 1 saturated heterocycles. The molecule has 1 aliphatic heterocycles. The van der Waals surface area contributed by atoms with Crippen LogP contribution in [-0.4, -0.2) is 52.5 Å². The number of H-pyrrole nitrogens is 1. The molecule has 27 heavy (non-hydrogen) atoms. The Morgan fingerprint density at radius 3 is 2.81 bits per heavy atom. The molecule has 0 spiro atoms. The number of carbonyl (C=O) groups excluding carboxylic acids is 2. The van der Waals surface area contributed by atoms with Crippen LogP contribution in [0.4, 0.5) is 0 Å². The maximum atomic E-state index is 12.2. The van der Waals surface area contributed by atoms with E-state index in [1.165, 1.54) is 0 Å². The van der Waals surface area contributed by atoms with E-state index in [0.717, 1.165) is 12.8 Å². The number of rotatable bonds is 4. The topological polar surface area (TPSA) is 116 Å². The van der Waals surface area contributed by atoms with Crippen molar-refractivity contribution in [2.24, 2.45) is 5.92 Å². The first-order chi connectivity index (χ1) is 13.1. The zero-order valence-electron chi connectivity index (χ0n) is 14.7. The van der Waals surface area contributed by atoms with E-state index in [4.69, 9.17) is 4.74 Å². The molecule has 1 aromatic heterocycles. The summed E-state index contributed by atoms with van der Waals surface area (Å²) in [6.45, 7) is 1.75. The largest absolute Gasteiger partial charge is 0.366 e. The van der Waals surface area contributed by atoms with Gasteiger partial charge in [-0.1, -0.05) is 12.1 Å². The molecule has 2 aromatic rings. The Kier molecular flexibility index (Phi) is 4.87. The van der Waals surface area contributed by atoms with Gasteiger partial charge in [-0.15, -0.1) is 0 Å². The van der Waals surface area contributed by atoms with E-state index in [0.29, 0.717) is 43.0 Å². The molecule has 0 radical (unpaired) electrons. The summed E-state index contributed by atoms with van der Waals surface area (Å²) < 4.78 is 5.51. The number of carbonyl (C=O) groups is 2. The zero-order chi connectivity index (χ0) is 18.8. The maximum Gasteiger partial charge on any atom is 0.268 e. The molecule has 1 aromatic carbocycles. The van der Waals surface area contributed by atoms with Crippen LogP contribution < -0.4 is 16.4 Å². The van der Waals surface area contributed by atoms with Crippen molar-refractivity contribution in [2.45, 2.75) is 25.5 Å². The standard InChI is InChI=1S/C18H21N5O4/c24-16(11-5-6-11)21-22-18(26)14-9-23(7-8-27-14)10-15-19-13-4-2-1-3-12(13)17(25)20-15/h1-4,11,14H,5-10H2,(H,21,24)(H,22,26)(H,19,20,25)/t14-/m1/s1. The third kappa shape index (κ3) is 4.15. The number of ether oxygens (including phenoxy) is 1. The van der Waals surface area contributed by atoms with E-state index in [9.17, 15) is 14.4 Å². The van der Waals surface area contributed by atoms with Gasteiger partial charge >= 0.3 is 0 Å². The maximum absolute atomic E-state index is 12.2. The van der Waals surface area contributed by atoms with Gasteiger partial charge in [0.15, 0.2) is 6.10 Å². The molecule has 0 unspecified atom stereocenters. The second-order valence-electron chi connectivity index (χ2n) is 6.88. The Labute approximate surface area is 155 Å². The number of fused-ring (bicyclic) bond motifs is 1. The number of hydrogen-bond acceptors (Lipinski definition) is 6. The van der Waals surface area contributed by atoms with Crippen molar-refractivity contribution in [3.63, 3.8) is 0 Å². The summed E-state index contributed by atoms with van der Waals surface area (Å²) in [7, 11) is 0. The molecule has 4 rings (SSSR count). The van der Waals surface area contributed by atoms with E-state index in [-0.39, 0.29) is 23.3 Å². The first-order valence-corrected chi connectivity index (χ1v) is 9.02. The second kappa shape index (κ2) is 7.45. The molecule has 0 bridgehead atoms. The van der Waals surface area contributed by atoms with Crippen LogP contribution in [0.2, 0.25) is 0 Å². The van der Waals surface area contributed by atoms with Gasteiger partial charge in [-0.05, 0) is 25.0 Å². The van der Waals surface area contributed by atoms with Crippen molar-refractivity contribution in [1.82, 2.24) is 25.7 Å².